The molecule has 104 valence electrons. The summed E-state index contributed by atoms with van der Waals surface area (Å²) < 4.78 is 5.75. The number of nitrogens with zero attached hydrogens (tertiary/aromatic N) is 2. The van der Waals surface area contributed by atoms with Crippen LogP contribution in [0.3, 0.4) is 0 Å². The first-order chi connectivity index (χ1) is 8.47. The zero-order valence-corrected chi connectivity index (χ0v) is 12.9. The van der Waals surface area contributed by atoms with E-state index in [1.54, 1.807) is 0 Å². The van der Waals surface area contributed by atoms with Crippen molar-refractivity contribution in [1.82, 2.24) is 15.5 Å². The summed E-state index contributed by atoms with van der Waals surface area (Å²) in [6.07, 6.45) is 1.25. The van der Waals surface area contributed by atoms with Crippen LogP contribution in [0.2, 0.25) is 0 Å². The van der Waals surface area contributed by atoms with Crippen molar-refractivity contribution in [3.63, 3.8) is 0 Å². The molecule has 1 heterocycles. The normalized spacial score (nSPS) is 13.3. The van der Waals surface area contributed by atoms with E-state index in [2.05, 4.69) is 50.1 Å². The number of nitrogens with one attached hydrogen (secondary N) is 1. The monoisotopic (exact) mass is 271 g/mol. The number of hydrogen-bond donors (Lipinski definition) is 1. The van der Waals surface area contributed by atoms with Gasteiger partial charge in [-0.05, 0) is 31.7 Å². The number of ether oxygens (including phenoxy) is 1. The van der Waals surface area contributed by atoms with E-state index < -0.39 is 0 Å². The van der Waals surface area contributed by atoms with E-state index in [1.807, 2.05) is 0 Å². The zero-order chi connectivity index (χ0) is 13.5. The van der Waals surface area contributed by atoms with Gasteiger partial charge in [-0.1, -0.05) is 44.1 Å². The summed E-state index contributed by atoms with van der Waals surface area (Å²) in [5.74, 6) is 1.29. The Kier molecular flexibility index (Phi) is 6.57. The Morgan fingerprint density at radius 2 is 1.83 bits per heavy atom. The van der Waals surface area contributed by atoms with Crippen LogP contribution in [0.1, 0.15) is 46.0 Å². The topological polar surface area (TPSA) is 47.0 Å². The molecule has 5 heteroatoms. The summed E-state index contributed by atoms with van der Waals surface area (Å²) in [6.45, 7) is 12.6. The van der Waals surface area contributed by atoms with Gasteiger partial charge in [0.1, 0.15) is 5.01 Å². The Morgan fingerprint density at radius 1 is 1.11 bits per heavy atom. The van der Waals surface area contributed by atoms with Crippen LogP contribution in [0, 0.1) is 11.8 Å². The maximum Gasteiger partial charge on any atom is 0.294 e. The molecule has 0 aliphatic rings. The lowest BCUT2D eigenvalue weighted by Gasteiger charge is -2.13. The van der Waals surface area contributed by atoms with Gasteiger partial charge in [-0.3, -0.25) is 0 Å². The number of aromatic nitrogens is 2. The lowest BCUT2D eigenvalue weighted by molar-refractivity contribution is 0.191. The van der Waals surface area contributed by atoms with Crippen LogP contribution < -0.4 is 10.1 Å². The Labute approximate surface area is 114 Å². The SMILES string of the molecule is CC(C)CNCc1nnc(OC(C)CC(C)C)s1. The second-order valence-corrected chi connectivity index (χ2v) is 6.57. The standard InChI is InChI=1S/C13H25N3OS/c1-9(2)6-11(5)17-13-16-15-12(18-13)8-14-7-10(3)4/h9-11,14H,6-8H2,1-5H3. The van der Waals surface area contributed by atoms with E-state index >= 15 is 0 Å². The highest BCUT2D eigenvalue weighted by molar-refractivity contribution is 7.13. The van der Waals surface area contributed by atoms with Gasteiger partial charge in [0.15, 0.2) is 0 Å². The van der Waals surface area contributed by atoms with Crippen LogP contribution in [0.25, 0.3) is 0 Å². The molecule has 0 spiro atoms. The summed E-state index contributed by atoms with van der Waals surface area (Å²) in [7, 11) is 0. The van der Waals surface area contributed by atoms with Gasteiger partial charge in [0, 0.05) is 6.54 Å². The van der Waals surface area contributed by atoms with Crippen molar-refractivity contribution >= 4 is 11.3 Å². The highest BCUT2D eigenvalue weighted by Crippen LogP contribution is 2.20. The summed E-state index contributed by atoms with van der Waals surface area (Å²) in [6, 6.07) is 0. The molecule has 0 fully saturated rings. The van der Waals surface area contributed by atoms with Crippen molar-refractivity contribution in [3.8, 4) is 5.19 Å². The maximum atomic E-state index is 5.75. The number of rotatable bonds is 8. The van der Waals surface area contributed by atoms with Crippen molar-refractivity contribution in [2.24, 2.45) is 11.8 Å². The molecule has 1 atom stereocenters. The third-order valence-corrected chi connectivity index (χ3v) is 3.20. The van der Waals surface area contributed by atoms with E-state index in [-0.39, 0.29) is 6.10 Å². The predicted molar refractivity (Wildman–Crippen MR) is 76.0 cm³/mol. The Balaban J connectivity index is 2.33. The minimum atomic E-state index is 0.203. The van der Waals surface area contributed by atoms with E-state index in [9.17, 15) is 0 Å². The molecule has 0 aliphatic heterocycles. The maximum absolute atomic E-state index is 5.75. The first-order valence-electron chi connectivity index (χ1n) is 6.67. The van der Waals surface area contributed by atoms with Gasteiger partial charge in [-0.25, -0.2) is 0 Å². The van der Waals surface area contributed by atoms with Gasteiger partial charge in [0.25, 0.3) is 5.19 Å². The highest BCUT2D eigenvalue weighted by atomic mass is 32.1. The fraction of sp³-hybridized carbons (Fsp3) is 0.846. The van der Waals surface area contributed by atoms with E-state index in [1.165, 1.54) is 11.3 Å². The van der Waals surface area contributed by atoms with Crippen molar-refractivity contribution in [2.45, 2.75) is 53.7 Å². The van der Waals surface area contributed by atoms with Crippen LogP contribution in [0.15, 0.2) is 0 Å². The minimum absolute atomic E-state index is 0.203. The largest absolute Gasteiger partial charge is 0.466 e. The summed E-state index contributed by atoms with van der Waals surface area (Å²) in [5.41, 5.74) is 0. The summed E-state index contributed by atoms with van der Waals surface area (Å²) >= 11 is 1.53. The lowest BCUT2D eigenvalue weighted by Crippen LogP contribution is -2.18. The second-order valence-electron chi connectivity index (χ2n) is 5.54. The molecule has 1 rings (SSSR count). The Hall–Kier alpha value is -0.680. The predicted octanol–water partition coefficient (Wildman–Crippen LogP) is 3.10. The molecule has 0 saturated heterocycles. The molecule has 0 amide bonds. The fourth-order valence-corrected chi connectivity index (χ4v) is 2.46. The van der Waals surface area contributed by atoms with Gasteiger partial charge in [-0.15, -0.1) is 5.10 Å². The third-order valence-electron chi connectivity index (χ3n) is 2.38. The van der Waals surface area contributed by atoms with Crippen LogP contribution in [-0.4, -0.2) is 22.8 Å². The molecule has 0 radical (unpaired) electrons. The van der Waals surface area contributed by atoms with Crippen LogP contribution in [0.4, 0.5) is 0 Å². The minimum Gasteiger partial charge on any atom is -0.466 e. The molecule has 1 unspecified atom stereocenters. The summed E-state index contributed by atoms with van der Waals surface area (Å²) in [5, 5.41) is 13.2. The molecular weight excluding hydrogens is 246 g/mol. The van der Waals surface area contributed by atoms with E-state index in [0.29, 0.717) is 17.0 Å². The fourth-order valence-electron chi connectivity index (χ4n) is 1.71. The molecule has 18 heavy (non-hydrogen) atoms. The molecule has 0 aliphatic carbocycles. The van der Waals surface area contributed by atoms with Crippen LogP contribution >= 0.6 is 11.3 Å². The van der Waals surface area contributed by atoms with Gasteiger partial charge < -0.3 is 10.1 Å². The molecule has 0 saturated carbocycles. The average molecular weight is 271 g/mol. The smallest absolute Gasteiger partial charge is 0.294 e. The molecular formula is C13H25N3OS. The second kappa shape index (κ2) is 7.69. The van der Waals surface area contributed by atoms with Gasteiger partial charge in [0.05, 0.1) is 6.10 Å². The van der Waals surface area contributed by atoms with Crippen molar-refractivity contribution < 1.29 is 4.74 Å². The Bertz CT molecular complexity index is 339. The zero-order valence-electron chi connectivity index (χ0n) is 12.1. The lowest BCUT2D eigenvalue weighted by atomic mass is 10.1. The number of hydrogen-bond acceptors (Lipinski definition) is 5. The van der Waals surface area contributed by atoms with Crippen molar-refractivity contribution in [2.75, 3.05) is 6.54 Å². The molecule has 1 aromatic heterocycles. The molecule has 1 N–H and O–H groups in total. The average Bonchev–Trinajstić information content (AvgIpc) is 2.63. The quantitative estimate of drug-likeness (QED) is 0.789. The van der Waals surface area contributed by atoms with Crippen LogP contribution in [-0.2, 0) is 6.54 Å². The van der Waals surface area contributed by atoms with E-state index in [0.717, 1.165) is 24.5 Å². The third kappa shape index (κ3) is 6.31. The summed E-state index contributed by atoms with van der Waals surface area (Å²) in [4.78, 5) is 0. The molecule has 0 bridgehead atoms. The Morgan fingerprint density at radius 3 is 2.44 bits per heavy atom. The van der Waals surface area contributed by atoms with Gasteiger partial charge in [0.2, 0.25) is 0 Å². The highest BCUT2D eigenvalue weighted by Gasteiger charge is 2.11. The van der Waals surface area contributed by atoms with Crippen molar-refractivity contribution in [1.29, 1.82) is 0 Å². The van der Waals surface area contributed by atoms with Gasteiger partial charge in [-0.2, -0.15) is 0 Å². The first-order valence-corrected chi connectivity index (χ1v) is 7.48. The molecule has 1 aromatic rings. The van der Waals surface area contributed by atoms with Crippen LogP contribution in [0.5, 0.6) is 5.19 Å². The van der Waals surface area contributed by atoms with Gasteiger partial charge >= 0.3 is 0 Å². The van der Waals surface area contributed by atoms with Crippen molar-refractivity contribution in [3.05, 3.63) is 5.01 Å². The molecule has 0 aromatic carbocycles. The van der Waals surface area contributed by atoms with E-state index in [4.69, 9.17) is 4.74 Å². The molecule has 4 nitrogen and oxygen atoms in total. The first kappa shape index (κ1) is 15.4.